The molecule has 2 saturated heterocycles. The first-order valence-electron chi connectivity index (χ1n) is 13.3. The van der Waals surface area contributed by atoms with Gasteiger partial charge in [0.2, 0.25) is 5.91 Å². The number of esters is 1. The minimum atomic E-state index is -0.495. The van der Waals surface area contributed by atoms with Gasteiger partial charge in [-0.1, -0.05) is 0 Å². The van der Waals surface area contributed by atoms with Gasteiger partial charge in [0.25, 0.3) is 0 Å². The number of hydrogen-bond acceptors (Lipinski definition) is 6. The molecule has 1 aliphatic carbocycles. The van der Waals surface area contributed by atoms with E-state index in [0.29, 0.717) is 12.3 Å². The van der Waals surface area contributed by atoms with Crippen LogP contribution < -0.4 is 5.32 Å². The summed E-state index contributed by atoms with van der Waals surface area (Å²) < 4.78 is 10.4. The van der Waals surface area contributed by atoms with Gasteiger partial charge in [-0.15, -0.1) is 0 Å². The predicted molar refractivity (Wildman–Crippen MR) is 130 cm³/mol. The number of ether oxygens (including phenoxy) is 2. The van der Waals surface area contributed by atoms with Crippen molar-refractivity contribution >= 4 is 18.0 Å². The first-order chi connectivity index (χ1) is 16.2. The molecule has 3 fully saturated rings. The first kappa shape index (κ1) is 26.8. The molecule has 2 heterocycles. The van der Waals surface area contributed by atoms with E-state index in [-0.39, 0.29) is 36.1 Å². The maximum absolute atomic E-state index is 12.9. The number of carbonyl (C=O) groups excluding carboxylic acids is 3. The molecule has 3 rings (SSSR count). The van der Waals surface area contributed by atoms with Crippen molar-refractivity contribution in [2.24, 2.45) is 11.8 Å². The fraction of sp³-hybridized carbons (Fsp3) is 0.885. The number of rotatable bonds is 6. The minimum absolute atomic E-state index is 0.0480. The molecule has 1 atom stereocenters. The molecular formula is C26H45N3O5. The first-order valence-corrected chi connectivity index (χ1v) is 13.3. The Bertz CT molecular complexity index is 691. The molecule has 34 heavy (non-hydrogen) atoms. The van der Waals surface area contributed by atoms with Gasteiger partial charge in [-0.2, -0.15) is 0 Å². The topological polar surface area (TPSA) is 88.2 Å². The van der Waals surface area contributed by atoms with Crippen LogP contribution in [0.4, 0.5) is 4.79 Å². The van der Waals surface area contributed by atoms with Crippen LogP contribution in [0, 0.1) is 11.8 Å². The van der Waals surface area contributed by atoms with Gasteiger partial charge in [-0.05, 0) is 90.9 Å². The molecule has 8 nitrogen and oxygen atoms in total. The fourth-order valence-electron chi connectivity index (χ4n) is 5.63. The summed E-state index contributed by atoms with van der Waals surface area (Å²) in [6.07, 6.45) is 10.1. The smallest absolute Gasteiger partial charge is 0.411 e. The van der Waals surface area contributed by atoms with Gasteiger partial charge < -0.3 is 14.8 Å². The molecule has 0 spiro atoms. The molecule has 2 aliphatic heterocycles. The van der Waals surface area contributed by atoms with Crippen molar-refractivity contribution in [1.29, 1.82) is 0 Å². The number of carbonyl (C=O) groups is 3. The van der Waals surface area contributed by atoms with E-state index < -0.39 is 5.60 Å². The van der Waals surface area contributed by atoms with Crippen molar-refractivity contribution < 1.29 is 23.9 Å². The lowest BCUT2D eigenvalue weighted by molar-refractivity contribution is -0.141. The summed E-state index contributed by atoms with van der Waals surface area (Å²) in [5.41, 5.74) is -0.495. The van der Waals surface area contributed by atoms with Crippen molar-refractivity contribution in [2.75, 3.05) is 26.7 Å². The molecule has 0 bridgehead atoms. The molecule has 0 radical (unpaired) electrons. The second-order valence-corrected chi connectivity index (χ2v) is 11.3. The maximum atomic E-state index is 12.9. The zero-order valence-electron chi connectivity index (χ0n) is 21.6. The van der Waals surface area contributed by atoms with Crippen LogP contribution in [-0.4, -0.2) is 72.3 Å². The molecule has 3 aliphatic rings. The Labute approximate surface area is 205 Å². The Balaban J connectivity index is 1.41. The SMILES string of the molecule is COC(=O)CCC1CCC(NC(=O)C2CCN(C3CCCCN3C(=O)OC(C)(C)C)CC2)CC1. The van der Waals surface area contributed by atoms with E-state index in [1.165, 1.54) is 7.11 Å². The van der Waals surface area contributed by atoms with Gasteiger partial charge in [0.15, 0.2) is 0 Å². The Hall–Kier alpha value is -1.83. The van der Waals surface area contributed by atoms with Gasteiger partial charge in [0, 0.05) is 38.0 Å². The minimum Gasteiger partial charge on any atom is -0.469 e. The number of nitrogens with zero attached hydrogens (tertiary/aromatic N) is 2. The lowest BCUT2D eigenvalue weighted by Gasteiger charge is -2.45. The van der Waals surface area contributed by atoms with Crippen LogP contribution in [0.1, 0.15) is 91.4 Å². The number of hydrogen-bond donors (Lipinski definition) is 1. The average Bonchev–Trinajstić information content (AvgIpc) is 2.82. The van der Waals surface area contributed by atoms with E-state index in [1.807, 2.05) is 25.7 Å². The van der Waals surface area contributed by atoms with Crippen LogP contribution in [0.5, 0.6) is 0 Å². The highest BCUT2D eigenvalue weighted by molar-refractivity contribution is 5.79. The van der Waals surface area contributed by atoms with Crippen LogP contribution in [-0.2, 0) is 19.1 Å². The summed E-state index contributed by atoms with van der Waals surface area (Å²) in [6.45, 7) is 8.13. The average molecular weight is 480 g/mol. The molecule has 0 aromatic heterocycles. The highest BCUT2D eigenvalue weighted by Crippen LogP contribution is 2.30. The molecule has 1 N–H and O–H groups in total. The maximum Gasteiger partial charge on any atom is 0.411 e. The van der Waals surface area contributed by atoms with Gasteiger partial charge in [0.1, 0.15) is 5.60 Å². The van der Waals surface area contributed by atoms with E-state index in [4.69, 9.17) is 9.47 Å². The van der Waals surface area contributed by atoms with Gasteiger partial charge >= 0.3 is 12.1 Å². The van der Waals surface area contributed by atoms with Crippen LogP contribution in [0.3, 0.4) is 0 Å². The van der Waals surface area contributed by atoms with Crippen molar-refractivity contribution in [1.82, 2.24) is 15.1 Å². The van der Waals surface area contributed by atoms with Crippen LogP contribution in [0.15, 0.2) is 0 Å². The number of piperidine rings is 2. The van der Waals surface area contributed by atoms with Gasteiger partial charge in [0.05, 0.1) is 13.3 Å². The van der Waals surface area contributed by atoms with Gasteiger partial charge in [-0.25, -0.2) is 4.79 Å². The largest absolute Gasteiger partial charge is 0.469 e. The van der Waals surface area contributed by atoms with Crippen molar-refractivity contribution in [3.63, 3.8) is 0 Å². The summed E-state index contributed by atoms with van der Waals surface area (Å²) in [6, 6.07) is 0.251. The molecule has 2 amide bonds. The third-order valence-electron chi connectivity index (χ3n) is 7.60. The molecule has 1 saturated carbocycles. The molecule has 8 heteroatoms. The third kappa shape index (κ3) is 7.85. The Morgan fingerprint density at radius 3 is 2.21 bits per heavy atom. The van der Waals surface area contributed by atoms with Crippen molar-refractivity contribution in [2.45, 2.75) is 109 Å². The lowest BCUT2D eigenvalue weighted by atomic mass is 9.83. The molecule has 0 aromatic rings. The summed E-state index contributed by atoms with van der Waals surface area (Å²) in [5, 5.41) is 3.30. The fourth-order valence-corrected chi connectivity index (χ4v) is 5.63. The normalized spacial score (nSPS) is 27.2. The number of nitrogens with one attached hydrogen (secondary N) is 1. The quantitative estimate of drug-likeness (QED) is 0.578. The summed E-state index contributed by atoms with van der Waals surface area (Å²) in [4.78, 5) is 41.3. The van der Waals surface area contributed by atoms with Crippen LogP contribution in [0.2, 0.25) is 0 Å². The zero-order chi connectivity index (χ0) is 24.7. The van der Waals surface area contributed by atoms with E-state index >= 15 is 0 Å². The Kier molecular flexibility index (Phi) is 9.63. The summed E-state index contributed by atoms with van der Waals surface area (Å²) in [7, 11) is 1.44. The molecule has 194 valence electrons. The highest BCUT2D eigenvalue weighted by atomic mass is 16.6. The Morgan fingerprint density at radius 1 is 0.912 bits per heavy atom. The van der Waals surface area contributed by atoms with Crippen LogP contribution in [0.25, 0.3) is 0 Å². The van der Waals surface area contributed by atoms with E-state index in [0.717, 1.165) is 83.8 Å². The van der Waals surface area contributed by atoms with Crippen LogP contribution >= 0.6 is 0 Å². The monoisotopic (exact) mass is 479 g/mol. The lowest BCUT2D eigenvalue weighted by Crippen LogP contribution is -2.56. The predicted octanol–water partition coefficient (Wildman–Crippen LogP) is 4.07. The van der Waals surface area contributed by atoms with E-state index in [9.17, 15) is 14.4 Å². The number of amides is 2. The van der Waals surface area contributed by atoms with Crippen molar-refractivity contribution in [3.8, 4) is 0 Å². The summed E-state index contributed by atoms with van der Waals surface area (Å²) >= 11 is 0. The Morgan fingerprint density at radius 2 is 1.59 bits per heavy atom. The van der Waals surface area contributed by atoms with E-state index in [1.54, 1.807) is 0 Å². The number of likely N-dealkylation sites (tertiary alicyclic amines) is 2. The standard InChI is InChI=1S/C26H45N3O5/c1-26(2,3)34-25(32)29-16-6-5-7-22(29)28-17-14-20(15-18-28)24(31)27-21-11-8-19(9-12-21)10-13-23(30)33-4/h19-22H,5-18H2,1-4H3,(H,27,31). The highest BCUT2D eigenvalue weighted by Gasteiger charge is 2.37. The second kappa shape index (κ2) is 12.2. The third-order valence-corrected chi connectivity index (χ3v) is 7.60. The van der Waals surface area contributed by atoms with Gasteiger partial charge in [-0.3, -0.25) is 19.4 Å². The number of methoxy groups -OCH3 is 1. The zero-order valence-corrected chi connectivity index (χ0v) is 21.6. The summed E-state index contributed by atoms with van der Waals surface area (Å²) in [5.74, 6) is 0.653. The molecule has 1 unspecified atom stereocenters. The van der Waals surface area contributed by atoms with E-state index in [2.05, 4.69) is 10.2 Å². The van der Waals surface area contributed by atoms with Crippen molar-refractivity contribution in [3.05, 3.63) is 0 Å². The molecule has 0 aromatic carbocycles. The molecular weight excluding hydrogens is 434 g/mol. The second-order valence-electron chi connectivity index (χ2n) is 11.3.